The van der Waals surface area contributed by atoms with E-state index in [1.54, 1.807) is 25.1 Å². The molecule has 2 aromatic rings. The van der Waals surface area contributed by atoms with E-state index < -0.39 is 26.6 Å². The lowest BCUT2D eigenvalue weighted by molar-refractivity contribution is -0.117. The van der Waals surface area contributed by atoms with Gasteiger partial charge in [-0.25, -0.2) is 17.6 Å². The van der Waals surface area contributed by atoms with E-state index in [-0.39, 0.29) is 18.5 Å². The largest absolute Gasteiger partial charge is 0.465 e. The van der Waals surface area contributed by atoms with Crippen molar-refractivity contribution in [3.05, 3.63) is 42.2 Å². The number of hydrogen-bond donors (Lipinski definition) is 1. The van der Waals surface area contributed by atoms with Crippen molar-refractivity contribution < 1.29 is 27.5 Å². The molecule has 0 spiro atoms. The number of anilines is 2. The second-order valence-corrected chi connectivity index (χ2v) is 8.74. The van der Waals surface area contributed by atoms with Crippen LogP contribution in [0.2, 0.25) is 0 Å². The zero-order chi connectivity index (χ0) is 20.8. The molecule has 1 heterocycles. The molecule has 1 atom stereocenters. The van der Waals surface area contributed by atoms with E-state index in [4.69, 9.17) is 0 Å². The van der Waals surface area contributed by atoms with Crippen LogP contribution < -0.4 is 9.80 Å². The van der Waals surface area contributed by atoms with Gasteiger partial charge in [0, 0.05) is 19.7 Å². The Morgan fingerprint density at radius 2 is 1.71 bits per heavy atom. The average Bonchev–Trinajstić information content (AvgIpc) is 2.59. The lowest BCUT2D eigenvalue weighted by Gasteiger charge is -2.39. The van der Waals surface area contributed by atoms with Gasteiger partial charge in [-0.05, 0) is 42.3 Å². The Balaban J connectivity index is 2.18. The van der Waals surface area contributed by atoms with Gasteiger partial charge in [0.15, 0.2) is 9.84 Å². The monoisotopic (exact) mass is 406 g/mol. The van der Waals surface area contributed by atoms with Gasteiger partial charge in [-0.2, -0.15) is 0 Å². The topological polar surface area (TPSA) is 95.0 Å². The van der Waals surface area contributed by atoms with Crippen LogP contribution in [0.15, 0.2) is 41.3 Å². The highest BCUT2D eigenvalue weighted by Crippen LogP contribution is 2.39. The normalized spacial score (nSPS) is 16.6. The zero-order valence-electron chi connectivity index (χ0n) is 15.5. The molecule has 0 aliphatic carbocycles. The van der Waals surface area contributed by atoms with Gasteiger partial charge in [0.1, 0.15) is 10.7 Å². The first-order valence-corrected chi connectivity index (χ1v) is 10.3. The van der Waals surface area contributed by atoms with Gasteiger partial charge >= 0.3 is 6.09 Å². The summed E-state index contributed by atoms with van der Waals surface area (Å²) in [4.78, 5) is 26.0. The predicted octanol–water partition coefficient (Wildman–Crippen LogP) is 3.14. The number of carbonyl (C=O) groups excluding carboxylic acids is 1. The van der Waals surface area contributed by atoms with Gasteiger partial charge in [0.2, 0.25) is 5.91 Å². The molecule has 28 heavy (non-hydrogen) atoms. The molecule has 0 saturated carbocycles. The van der Waals surface area contributed by atoms with Gasteiger partial charge in [0.25, 0.3) is 0 Å². The Kier molecular flexibility index (Phi) is 4.88. The van der Waals surface area contributed by atoms with E-state index in [9.17, 15) is 27.5 Å². The molecule has 7 nitrogen and oxygen atoms in total. The number of hydrogen-bond acceptors (Lipinski definition) is 4. The molecule has 2 aromatic carbocycles. The van der Waals surface area contributed by atoms with Crippen molar-refractivity contribution in [3.8, 4) is 11.1 Å². The van der Waals surface area contributed by atoms with Gasteiger partial charge in [-0.15, -0.1) is 0 Å². The molecular formula is C19H19FN2O5S. The first kappa shape index (κ1) is 19.8. The van der Waals surface area contributed by atoms with Crippen molar-refractivity contribution >= 4 is 33.2 Å². The third-order valence-corrected chi connectivity index (χ3v) is 5.76. The Hall–Kier alpha value is -2.94. The fraction of sp³-hybridized carbons (Fsp3) is 0.263. The van der Waals surface area contributed by atoms with Crippen molar-refractivity contribution in [1.82, 2.24) is 0 Å². The molecule has 9 heteroatoms. The van der Waals surface area contributed by atoms with Crippen LogP contribution in [-0.2, 0) is 14.6 Å². The summed E-state index contributed by atoms with van der Waals surface area (Å²) < 4.78 is 37.5. The summed E-state index contributed by atoms with van der Waals surface area (Å²) >= 11 is 0. The number of nitrogens with zero attached hydrogens (tertiary/aromatic N) is 2. The third-order valence-electron chi connectivity index (χ3n) is 4.65. The van der Waals surface area contributed by atoms with E-state index in [1.807, 2.05) is 0 Å². The molecule has 0 aromatic heterocycles. The first-order chi connectivity index (χ1) is 13.0. The highest BCUT2D eigenvalue weighted by atomic mass is 32.2. The number of carboxylic acid groups (broad SMARTS) is 1. The Labute approximate surface area is 161 Å². The first-order valence-electron chi connectivity index (χ1n) is 8.45. The summed E-state index contributed by atoms with van der Waals surface area (Å²) in [6.45, 7) is 3.26. The quantitative estimate of drug-likeness (QED) is 0.827. The standard InChI is InChI=1S/C19H19FN2O5S/c1-11-10-21(19(24)25)17-8-13(5-7-16(17)22(11)12(2)23)14-4-6-15(20)18(9-14)28(3,26)27/h4-9,11H,10H2,1-3H3,(H,24,25)/t11-/m0/s1. The summed E-state index contributed by atoms with van der Waals surface area (Å²) in [5.41, 5.74) is 1.68. The van der Waals surface area contributed by atoms with Crippen LogP contribution >= 0.6 is 0 Å². The summed E-state index contributed by atoms with van der Waals surface area (Å²) in [5, 5.41) is 9.57. The van der Waals surface area contributed by atoms with Crippen molar-refractivity contribution in [1.29, 1.82) is 0 Å². The third kappa shape index (κ3) is 3.45. The number of fused-ring (bicyclic) bond motifs is 1. The highest BCUT2D eigenvalue weighted by Gasteiger charge is 2.33. The molecule has 1 aliphatic rings. The van der Waals surface area contributed by atoms with Crippen LogP contribution in [0.25, 0.3) is 11.1 Å². The molecular weight excluding hydrogens is 387 g/mol. The number of carbonyl (C=O) groups is 2. The minimum absolute atomic E-state index is 0.101. The molecule has 1 aliphatic heterocycles. The molecule has 0 unspecified atom stereocenters. The van der Waals surface area contributed by atoms with Gasteiger partial charge in [-0.3, -0.25) is 9.69 Å². The smallest absolute Gasteiger partial charge is 0.411 e. The molecule has 2 amide bonds. The maximum absolute atomic E-state index is 13.9. The van der Waals surface area contributed by atoms with Crippen LogP contribution in [-0.4, -0.2) is 44.4 Å². The lowest BCUT2D eigenvalue weighted by Crippen LogP contribution is -2.51. The fourth-order valence-corrected chi connectivity index (χ4v) is 4.20. The van der Waals surface area contributed by atoms with Crippen LogP contribution in [0.4, 0.5) is 20.6 Å². The number of amides is 2. The van der Waals surface area contributed by atoms with Crippen LogP contribution in [0, 0.1) is 5.82 Å². The summed E-state index contributed by atoms with van der Waals surface area (Å²) in [7, 11) is -3.77. The van der Waals surface area contributed by atoms with Gasteiger partial charge < -0.3 is 10.0 Å². The van der Waals surface area contributed by atoms with E-state index >= 15 is 0 Å². The Morgan fingerprint density at radius 1 is 1.11 bits per heavy atom. The fourth-order valence-electron chi connectivity index (χ4n) is 3.43. The van der Waals surface area contributed by atoms with Crippen LogP contribution in [0.5, 0.6) is 0 Å². The Morgan fingerprint density at radius 3 is 2.29 bits per heavy atom. The average molecular weight is 406 g/mol. The predicted molar refractivity (Wildman–Crippen MR) is 103 cm³/mol. The van der Waals surface area contributed by atoms with E-state index in [0.717, 1.165) is 17.2 Å². The van der Waals surface area contributed by atoms with E-state index in [0.29, 0.717) is 22.5 Å². The second kappa shape index (κ2) is 6.90. The SMILES string of the molecule is CC(=O)N1c2ccc(-c3ccc(F)c(S(C)(=O)=O)c3)cc2N(C(=O)O)C[C@@H]1C. The molecule has 148 valence electrons. The van der Waals surface area contributed by atoms with Crippen LogP contribution in [0.1, 0.15) is 13.8 Å². The molecule has 0 fully saturated rings. The maximum atomic E-state index is 13.9. The number of benzene rings is 2. The molecule has 1 N–H and O–H groups in total. The minimum Gasteiger partial charge on any atom is -0.465 e. The van der Waals surface area contributed by atoms with Gasteiger partial charge in [0.05, 0.1) is 17.4 Å². The van der Waals surface area contributed by atoms with E-state index in [2.05, 4.69) is 0 Å². The van der Waals surface area contributed by atoms with Crippen molar-refractivity contribution in [3.63, 3.8) is 0 Å². The lowest BCUT2D eigenvalue weighted by atomic mass is 10.0. The highest BCUT2D eigenvalue weighted by molar-refractivity contribution is 7.90. The molecule has 0 bridgehead atoms. The number of rotatable bonds is 2. The summed E-state index contributed by atoms with van der Waals surface area (Å²) in [5.74, 6) is -1.07. The maximum Gasteiger partial charge on any atom is 0.411 e. The van der Waals surface area contributed by atoms with Crippen molar-refractivity contribution in [2.24, 2.45) is 0 Å². The summed E-state index contributed by atoms with van der Waals surface area (Å²) in [6.07, 6.45) is -0.246. The van der Waals surface area contributed by atoms with Crippen LogP contribution in [0.3, 0.4) is 0 Å². The Bertz CT molecular complexity index is 1080. The minimum atomic E-state index is -3.77. The number of halogens is 1. The van der Waals surface area contributed by atoms with Crippen molar-refractivity contribution in [2.45, 2.75) is 24.8 Å². The number of sulfone groups is 1. The second-order valence-electron chi connectivity index (χ2n) is 6.75. The van der Waals surface area contributed by atoms with Crippen molar-refractivity contribution in [2.75, 3.05) is 22.6 Å². The van der Waals surface area contributed by atoms with E-state index in [1.165, 1.54) is 24.0 Å². The molecule has 3 rings (SSSR count). The van der Waals surface area contributed by atoms with Gasteiger partial charge in [-0.1, -0.05) is 12.1 Å². The summed E-state index contributed by atoms with van der Waals surface area (Å²) in [6, 6.07) is 8.17. The zero-order valence-corrected chi connectivity index (χ0v) is 16.3. The molecule has 0 radical (unpaired) electrons. The molecule has 0 saturated heterocycles.